The minimum atomic E-state index is -3.65. The second kappa shape index (κ2) is 7.76. The topological polar surface area (TPSA) is 57.7 Å². The number of sulfonamides is 1. The maximum Gasteiger partial charge on any atom is 0.243 e. The monoisotopic (exact) mass is 374 g/mol. The normalized spacial score (nSPS) is 25.9. The van der Waals surface area contributed by atoms with E-state index in [4.69, 9.17) is 0 Å². The number of carbonyl (C=O) groups excluding carboxylic acids is 1. The van der Waals surface area contributed by atoms with Gasteiger partial charge in [-0.05, 0) is 31.9 Å². The van der Waals surface area contributed by atoms with Gasteiger partial charge in [0.1, 0.15) is 0 Å². The van der Waals surface area contributed by atoms with Crippen LogP contribution in [0.4, 0.5) is 0 Å². The van der Waals surface area contributed by atoms with Crippen LogP contribution in [0.3, 0.4) is 0 Å². The molecule has 1 heterocycles. The SMILES string of the molecule is C=CCN1/C=C\CN(S(=O)(=O)c2ccc(C)cc2)[C@H]2CCCC[C@@H]2C1=O. The lowest BCUT2D eigenvalue weighted by Gasteiger charge is -2.40. The molecule has 26 heavy (non-hydrogen) atoms. The molecule has 2 atom stereocenters. The molecular weight excluding hydrogens is 348 g/mol. The molecule has 0 aromatic heterocycles. The fourth-order valence-electron chi connectivity index (χ4n) is 3.86. The van der Waals surface area contributed by atoms with Crippen molar-refractivity contribution in [1.29, 1.82) is 0 Å². The Kier molecular flexibility index (Phi) is 5.63. The molecule has 5 nitrogen and oxygen atoms in total. The van der Waals surface area contributed by atoms with Crippen molar-refractivity contribution in [3.8, 4) is 0 Å². The fraction of sp³-hybridized carbons (Fsp3) is 0.450. The van der Waals surface area contributed by atoms with E-state index in [0.29, 0.717) is 6.54 Å². The van der Waals surface area contributed by atoms with Crippen LogP contribution in [0.2, 0.25) is 0 Å². The predicted molar refractivity (Wildman–Crippen MR) is 102 cm³/mol. The van der Waals surface area contributed by atoms with Crippen molar-refractivity contribution in [2.24, 2.45) is 5.92 Å². The van der Waals surface area contributed by atoms with E-state index in [2.05, 4.69) is 6.58 Å². The lowest BCUT2D eigenvalue weighted by molar-refractivity contribution is -0.135. The quantitative estimate of drug-likeness (QED) is 0.761. The van der Waals surface area contributed by atoms with Crippen molar-refractivity contribution < 1.29 is 13.2 Å². The van der Waals surface area contributed by atoms with Crippen molar-refractivity contribution in [3.63, 3.8) is 0 Å². The number of rotatable bonds is 4. The first-order valence-electron chi connectivity index (χ1n) is 9.11. The van der Waals surface area contributed by atoms with Gasteiger partial charge < -0.3 is 4.90 Å². The van der Waals surface area contributed by atoms with E-state index in [1.165, 1.54) is 4.31 Å². The van der Waals surface area contributed by atoms with Gasteiger partial charge in [0, 0.05) is 25.3 Å². The van der Waals surface area contributed by atoms with Gasteiger partial charge in [0.25, 0.3) is 0 Å². The molecule has 140 valence electrons. The van der Waals surface area contributed by atoms with Gasteiger partial charge in [-0.15, -0.1) is 6.58 Å². The van der Waals surface area contributed by atoms with Gasteiger partial charge in [0.05, 0.1) is 10.8 Å². The molecule has 1 fully saturated rings. The van der Waals surface area contributed by atoms with Gasteiger partial charge in [0.2, 0.25) is 15.9 Å². The first-order chi connectivity index (χ1) is 12.4. The summed E-state index contributed by atoms with van der Waals surface area (Å²) >= 11 is 0. The highest BCUT2D eigenvalue weighted by molar-refractivity contribution is 7.89. The largest absolute Gasteiger partial charge is 0.315 e. The van der Waals surface area contributed by atoms with Crippen LogP contribution in [0.15, 0.2) is 54.1 Å². The minimum absolute atomic E-state index is 0.00495. The van der Waals surface area contributed by atoms with Crippen LogP contribution >= 0.6 is 0 Å². The van der Waals surface area contributed by atoms with Crippen LogP contribution in [-0.2, 0) is 14.8 Å². The van der Waals surface area contributed by atoms with Gasteiger partial charge in [0.15, 0.2) is 0 Å². The first kappa shape index (κ1) is 18.9. The minimum Gasteiger partial charge on any atom is -0.315 e. The molecule has 1 aliphatic heterocycles. The number of fused-ring (bicyclic) bond motifs is 1. The third-order valence-corrected chi connectivity index (χ3v) is 7.13. The summed E-state index contributed by atoms with van der Waals surface area (Å²) in [4.78, 5) is 14.9. The highest BCUT2D eigenvalue weighted by atomic mass is 32.2. The van der Waals surface area contributed by atoms with Gasteiger partial charge in [-0.25, -0.2) is 8.42 Å². The number of amides is 1. The Morgan fingerprint density at radius 3 is 2.58 bits per heavy atom. The van der Waals surface area contributed by atoms with Crippen LogP contribution in [-0.4, -0.2) is 42.7 Å². The molecule has 1 aliphatic carbocycles. The molecule has 0 spiro atoms. The smallest absolute Gasteiger partial charge is 0.243 e. The van der Waals surface area contributed by atoms with Gasteiger partial charge >= 0.3 is 0 Å². The van der Waals surface area contributed by atoms with Crippen molar-refractivity contribution in [2.75, 3.05) is 13.1 Å². The molecular formula is C20H26N2O3S. The first-order valence-corrected chi connectivity index (χ1v) is 10.6. The Hall–Kier alpha value is -1.92. The third-order valence-electron chi connectivity index (χ3n) is 5.22. The molecule has 3 rings (SSSR count). The fourth-order valence-corrected chi connectivity index (χ4v) is 5.50. The van der Waals surface area contributed by atoms with E-state index in [1.54, 1.807) is 35.4 Å². The molecule has 1 saturated carbocycles. The molecule has 0 bridgehead atoms. The zero-order chi connectivity index (χ0) is 18.7. The van der Waals surface area contributed by atoms with E-state index in [-0.39, 0.29) is 29.3 Å². The van der Waals surface area contributed by atoms with E-state index in [0.717, 1.165) is 31.2 Å². The van der Waals surface area contributed by atoms with Gasteiger partial charge in [-0.3, -0.25) is 4.79 Å². The lowest BCUT2D eigenvalue weighted by atomic mass is 9.83. The number of hydrogen-bond donors (Lipinski definition) is 0. The highest BCUT2D eigenvalue weighted by Crippen LogP contribution is 2.34. The van der Waals surface area contributed by atoms with E-state index in [9.17, 15) is 13.2 Å². The van der Waals surface area contributed by atoms with Crippen LogP contribution in [0, 0.1) is 12.8 Å². The van der Waals surface area contributed by atoms with E-state index >= 15 is 0 Å². The Bertz CT molecular complexity index is 799. The molecule has 2 aliphatic rings. The average Bonchev–Trinajstić information content (AvgIpc) is 2.63. The second-order valence-corrected chi connectivity index (χ2v) is 8.90. The number of aryl methyl sites for hydroxylation is 1. The van der Waals surface area contributed by atoms with Crippen molar-refractivity contribution >= 4 is 15.9 Å². The summed E-state index contributed by atoms with van der Waals surface area (Å²) in [6.45, 7) is 6.37. The summed E-state index contributed by atoms with van der Waals surface area (Å²) in [5, 5.41) is 0. The van der Waals surface area contributed by atoms with Gasteiger partial charge in [-0.2, -0.15) is 4.31 Å². The van der Waals surface area contributed by atoms with Crippen molar-refractivity contribution in [3.05, 3.63) is 54.8 Å². The predicted octanol–water partition coefficient (Wildman–Crippen LogP) is 3.09. The number of benzene rings is 1. The summed E-state index contributed by atoms with van der Waals surface area (Å²) in [5.74, 6) is -0.302. The standard InChI is InChI=1S/C20H26N2O3S/c1-3-13-21-14-6-15-22(19-8-5-4-7-18(19)20(21)23)26(24,25)17-11-9-16(2)10-12-17/h3,6,9-12,14,18-19H,1,4-5,7-8,13,15H2,2H3/b14-6-/t18-,19-/m0/s1. The Morgan fingerprint density at radius 1 is 1.19 bits per heavy atom. The molecule has 0 unspecified atom stereocenters. The van der Waals surface area contributed by atoms with Crippen LogP contribution in [0.25, 0.3) is 0 Å². The summed E-state index contributed by atoms with van der Waals surface area (Å²) in [6.07, 6.45) is 8.51. The Labute approximate surface area is 156 Å². The van der Waals surface area contributed by atoms with E-state index in [1.807, 2.05) is 19.1 Å². The molecule has 1 amide bonds. The number of nitrogens with zero attached hydrogens (tertiary/aromatic N) is 2. The van der Waals surface area contributed by atoms with Crippen LogP contribution < -0.4 is 0 Å². The van der Waals surface area contributed by atoms with Crippen LogP contribution in [0.1, 0.15) is 31.2 Å². The summed E-state index contributed by atoms with van der Waals surface area (Å²) in [7, 11) is -3.65. The zero-order valence-corrected chi connectivity index (χ0v) is 16.0. The van der Waals surface area contributed by atoms with Crippen molar-refractivity contribution in [1.82, 2.24) is 9.21 Å². The second-order valence-electron chi connectivity index (χ2n) is 7.01. The third kappa shape index (κ3) is 3.62. The molecule has 0 saturated heterocycles. The Balaban J connectivity index is 2.00. The van der Waals surface area contributed by atoms with Gasteiger partial charge in [-0.1, -0.05) is 42.7 Å². The molecule has 1 aromatic rings. The molecule has 0 radical (unpaired) electrons. The summed E-state index contributed by atoms with van der Waals surface area (Å²) in [5.41, 5.74) is 1.02. The molecule has 0 N–H and O–H groups in total. The lowest BCUT2D eigenvalue weighted by Crippen LogP contribution is -2.52. The van der Waals surface area contributed by atoms with Crippen molar-refractivity contribution in [2.45, 2.75) is 43.5 Å². The Morgan fingerprint density at radius 2 is 1.88 bits per heavy atom. The highest BCUT2D eigenvalue weighted by Gasteiger charge is 2.42. The summed E-state index contributed by atoms with van der Waals surface area (Å²) in [6, 6.07) is 6.62. The maximum absolute atomic E-state index is 13.3. The number of hydrogen-bond acceptors (Lipinski definition) is 3. The average molecular weight is 375 g/mol. The summed E-state index contributed by atoms with van der Waals surface area (Å²) < 4.78 is 28.1. The van der Waals surface area contributed by atoms with E-state index < -0.39 is 10.0 Å². The molecule has 6 heteroatoms. The maximum atomic E-state index is 13.3. The zero-order valence-electron chi connectivity index (χ0n) is 15.2. The molecule has 1 aromatic carbocycles. The van der Waals surface area contributed by atoms with Crippen LogP contribution in [0.5, 0.6) is 0 Å². The number of carbonyl (C=O) groups is 1.